The number of sulfonamides is 1. The smallest absolute Gasteiger partial charge is 0.240 e. The minimum atomic E-state index is -3.81. The van der Waals surface area contributed by atoms with Crippen LogP contribution in [0.2, 0.25) is 0 Å². The molecule has 164 valence electrons. The highest BCUT2D eigenvalue weighted by atomic mass is 32.2. The zero-order valence-corrected chi connectivity index (χ0v) is 17.6. The van der Waals surface area contributed by atoms with Crippen molar-refractivity contribution in [3.05, 3.63) is 84.3 Å². The number of rotatable bonds is 7. The molecule has 1 atom stereocenters. The van der Waals surface area contributed by atoms with E-state index in [4.69, 9.17) is 4.42 Å². The standard InChI is InChI=1S/C22H23F2N3O3S/c23-17-7-9-18(10-8-17)31(28,29)25-16-21(22-6-3-15-30-22)27-13-11-26(12-14-27)20-5-2-1-4-19(20)24/h1-10,15,21,25H,11-14,16H2/t21-/m1/s1. The number of piperazine rings is 1. The Morgan fingerprint density at radius 1 is 0.935 bits per heavy atom. The highest BCUT2D eigenvalue weighted by Crippen LogP contribution is 2.26. The summed E-state index contributed by atoms with van der Waals surface area (Å²) < 4.78 is 60.7. The number of nitrogens with one attached hydrogen (secondary N) is 1. The van der Waals surface area contributed by atoms with E-state index in [1.165, 1.54) is 18.2 Å². The van der Waals surface area contributed by atoms with Crippen LogP contribution < -0.4 is 9.62 Å². The Balaban J connectivity index is 1.46. The highest BCUT2D eigenvalue weighted by molar-refractivity contribution is 7.89. The fraction of sp³-hybridized carbons (Fsp3) is 0.273. The van der Waals surface area contributed by atoms with Crippen molar-refractivity contribution in [1.82, 2.24) is 9.62 Å². The number of hydrogen-bond acceptors (Lipinski definition) is 5. The van der Waals surface area contributed by atoms with Crippen molar-refractivity contribution in [2.45, 2.75) is 10.9 Å². The predicted molar refractivity (Wildman–Crippen MR) is 113 cm³/mol. The molecule has 2 aromatic carbocycles. The van der Waals surface area contributed by atoms with Gasteiger partial charge in [0.1, 0.15) is 17.4 Å². The van der Waals surface area contributed by atoms with Crippen molar-refractivity contribution < 1.29 is 21.6 Å². The lowest BCUT2D eigenvalue weighted by Crippen LogP contribution is -2.50. The number of anilines is 1. The lowest BCUT2D eigenvalue weighted by Gasteiger charge is -2.39. The van der Waals surface area contributed by atoms with Gasteiger partial charge in [-0.05, 0) is 48.5 Å². The third kappa shape index (κ3) is 4.95. The molecule has 0 unspecified atom stereocenters. The van der Waals surface area contributed by atoms with Crippen molar-refractivity contribution in [1.29, 1.82) is 0 Å². The monoisotopic (exact) mass is 447 g/mol. The first-order valence-corrected chi connectivity index (χ1v) is 11.4. The maximum absolute atomic E-state index is 14.1. The zero-order chi connectivity index (χ0) is 21.8. The Labute approximate surface area is 180 Å². The number of benzene rings is 2. The fourth-order valence-corrected chi connectivity index (χ4v) is 4.80. The normalized spacial score (nSPS) is 16.4. The fourth-order valence-electron chi connectivity index (χ4n) is 3.76. The second-order valence-electron chi connectivity index (χ2n) is 7.31. The van der Waals surface area contributed by atoms with Crippen LogP contribution in [0, 0.1) is 11.6 Å². The lowest BCUT2D eigenvalue weighted by atomic mass is 10.1. The molecule has 1 aliphatic rings. The quantitative estimate of drug-likeness (QED) is 0.602. The lowest BCUT2D eigenvalue weighted by molar-refractivity contribution is 0.166. The van der Waals surface area contributed by atoms with Crippen LogP contribution in [0.1, 0.15) is 11.8 Å². The molecule has 9 heteroatoms. The van der Waals surface area contributed by atoms with Crippen LogP contribution in [0.15, 0.2) is 76.2 Å². The summed E-state index contributed by atoms with van der Waals surface area (Å²) >= 11 is 0. The molecule has 6 nitrogen and oxygen atoms in total. The van der Waals surface area contributed by atoms with E-state index in [0.717, 1.165) is 12.1 Å². The number of hydrogen-bond donors (Lipinski definition) is 1. The average molecular weight is 448 g/mol. The molecule has 0 spiro atoms. The van der Waals surface area contributed by atoms with Crippen LogP contribution in [-0.4, -0.2) is 46.0 Å². The first-order chi connectivity index (χ1) is 14.9. The molecule has 0 saturated carbocycles. The predicted octanol–water partition coefficient (Wildman–Crippen LogP) is 3.40. The Kier molecular flexibility index (Phi) is 6.35. The van der Waals surface area contributed by atoms with Crippen molar-refractivity contribution in [3.63, 3.8) is 0 Å². The van der Waals surface area contributed by atoms with Gasteiger partial charge in [0, 0.05) is 32.7 Å². The molecule has 2 heterocycles. The van der Waals surface area contributed by atoms with E-state index in [2.05, 4.69) is 9.62 Å². The molecule has 0 amide bonds. The topological polar surface area (TPSA) is 65.8 Å². The Morgan fingerprint density at radius 2 is 1.65 bits per heavy atom. The van der Waals surface area contributed by atoms with Crippen molar-refractivity contribution in [2.75, 3.05) is 37.6 Å². The third-order valence-electron chi connectivity index (χ3n) is 5.41. The second kappa shape index (κ2) is 9.17. The summed E-state index contributed by atoms with van der Waals surface area (Å²) in [5, 5.41) is 0. The van der Waals surface area contributed by atoms with E-state index in [0.29, 0.717) is 37.6 Å². The first kappa shape index (κ1) is 21.5. The van der Waals surface area contributed by atoms with Gasteiger partial charge in [-0.15, -0.1) is 0 Å². The summed E-state index contributed by atoms with van der Waals surface area (Å²) in [7, 11) is -3.81. The molecule has 1 aliphatic heterocycles. The molecule has 1 saturated heterocycles. The van der Waals surface area contributed by atoms with Gasteiger partial charge < -0.3 is 9.32 Å². The van der Waals surface area contributed by atoms with E-state index in [9.17, 15) is 17.2 Å². The minimum absolute atomic E-state index is 0.00327. The maximum Gasteiger partial charge on any atom is 0.240 e. The van der Waals surface area contributed by atoms with Gasteiger partial charge in [-0.2, -0.15) is 0 Å². The van der Waals surface area contributed by atoms with Gasteiger partial charge in [-0.3, -0.25) is 4.90 Å². The van der Waals surface area contributed by atoms with Gasteiger partial charge in [0.2, 0.25) is 10.0 Å². The van der Waals surface area contributed by atoms with E-state index in [1.807, 2.05) is 4.90 Å². The Bertz CT molecular complexity index is 1100. The van der Waals surface area contributed by atoms with Crippen molar-refractivity contribution in [3.8, 4) is 0 Å². The molecule has 0 aliphatic carbocycles. The largest absolute Gasteiger partial charge is 0.468 e. The molecule has 1 N–H and O–H groups in total. The third-order valence-corrected chi connectivity index (χ3v) is 6.85. The van der Waals surface area contributed by atoms with Crippen molar-refractivity contribution in [2.24, 2.45) is 0 Å². The van der Waals surface area contributed by atoms with E-state index in [-0.39, 0.29) is 23.3 Å². The SMILES string of the molecule is O=S(=O)(NC[C@H](c1ccco1)N1CCN(c2ccccc2F)CC1)c1ccc(F)cc1. The summed E-state index contributed by atoms with van der Waals surface area (Å²) in [4.78, 5) is 4.09. The highest BCUT2D eigenvalue weighted by Gasteiger charge is 2.29. The van der Waals surface area contributed by atoms with Crippen molar-refractivity contribution >= 4 is 15.7 Å². The molecule has 1 aromatic heterocycles. The zero-order valence-electron chi connectivity index (χ0n) is 16.7. The van der Waals surface area contributed by atoms with Crippen LogP contribution in [0.4, 0.5) is 14.5 Å². The van der Waals surface area contributed by atoms with Gasteiger partial charge in [0.15, 0.2) is 0 Å². The van der Waals surface area contributed by atoms with Crippen LogP contribution in [-0.2, 0) is 10.0 Å². The van der Waals surface area contributed by atoms with Crippen LogP contribution >= 0.6 is 0 Å². The average Bonchev–Trinajstić information content (AvgIpc) is 3.30. The van der Waals surface area contributed by atoms with Gasteiger partial charge >= 0.3 is 0 Å². The van der Waals surface area contributed by atoms with Gasteiger partial charge in [-0.1, -0.05) is 12.1 Å². The molecule has 4 rings (SSSR count). The summed E-state index contributed by atoms with van der Waals surface area (Å²) in [5.41, 5.74) is 0.564. The molecule has 1 fully saturated rings. The Morgan fingerprint density at radius 3 is 2.29 bits per heavy atom. The number of para-hydroxylation sites is 1. The second-order valence-corrected chi connectivity index (χ2v) is 9.08. The number of halogens is 2. The number of furan rings is 1. The van der Waals surface area contributed by atoms with E-state index < -0.39 is 15.8 Å². The van der Waals surface area contributed by atoms with Crippen LogP contribution in [0.3, 0.4) is 0 Å². The summed E-state index contributed by atoms with van der Waals surface area (Å²) in [5.74, 6) is -0.119. The molecule has 0 bridgehead atoms. The molecule has 0 radical (unpaired) electrons. The van der Waals surface area contributed by atoms with Gasteiger partial charge in [-0.25, -0.2) is 21.9 Å². The molecular formula is C22H23F2N3O3S. The summed E-state index contributed by atoms with van der Waals surface area (Å²) in [6, 6.07) is 14.6. The molecule has 3 aromatic rings. The maximum atomic E-state index is 14.1. The van der Waals surface area contributed by atoms with Crippen LogP contribution in [0.5, 0.6) is 0 Å². The molecular weight excluding hydrogens is 424 g/mol. The van der Waals surface area contributed by atoms with E-state index >= 15 is 0 Å². The summed E-state index contributed by atoms with van der Waals surface area (Å²) in [6.07, 6.45) is 1.55. The first-order valence-electron chi connectivity index (χ1n) is 9.96. The van der Waals surface area contributed by atoms with Gasteiger partial charge in [0.05, 0.1) is 22.9 Å². The van der Waals surface area contributed by atoms with Crippen LogP contribution in [0.25, 0.3) is 0 Å². The minimum Gasteiger partial charge on any atom is -0.468 e. The van der Waals surface area contributed by atoms with Gasteiger partial charge in [0.25, 0.3) is 0 Å². The van der Waals surface area contributed by atoms with E-state index in [1.54, 1.807) is 36.6 Å². The molecule has 31 heavy (non-hydrogen) atoms. The number of nitrogens with zero attached hydrogens (tertiary/aromatic N) is 2. The summed E-state index contributed by atoms with van der Waals surface area (Å²) in [6.45, 7) is 2.51. The Hall–Kier alpha value is -2.75.